The highest BCUT2D eigenvalue weighted by atomic mass is 15.1. The molecule has 2 aliphatic heterocycles. The molecule has 4 heteroatoms. The molecule has 4 nitrogen and oxygen atoms in total. The normalized spacial score (nSPS) is 25.8. The van der Waals surface area contributed by atoms with E-state index in [9.17, 15) is 0 Å². The lowest BCUT2D eigenvalue weighted by molar-refractivity contribution is 0.370. The van der Waals surface area contributed by atoms with Gasteiger partial charge in [-0.15, -0.1) is 0 Å². The maximum atomic E-state index is 6.10. The van der Waals surface area contributed by atoms with Gasteiger partial charge >= 0.3 is 0 Å². The predicted octanol–water partition coefficient (Wildman–Crippen LogP) is 1.22. The van der Waals surface area contributed by atoms with Gasteiger partial charge in [-0.2, -0.15) is 0 Å². The maximum Gasteiger partial charge on any atom is 0.125 e. The molecule has 3 heterocycles. The van der Waals surface area contributed by atoms with Crippen molar-refractivity contribution in [1.29, 1.82) is 0 Å². The van der Waals surface area contributed by atoms with Gasteiger partial charge in [-0.3, -0.25) is 0 Å². The second-order valence-corrected chi connectivity index (χ2v) is 5.43. The zero-order valence-electron chi connectivity index (χ0n) is 10.4. The lowest BCUT2D eigenvalue weighted by atomic mass is 9.93. The summed E-state index contributed by atoms with van der Waals surface area (Å²) in [6.45, 7) is 3.43. The van der Waals surface area contributed by atoms with Crippen molar-refractivity contribution in [1.82, 2.24) is 14.9 Å². The van der Waals surface area contributed by atoms with Crippen molar-refractivity contribution in [2.24, 2.45) is 11.7 Å². The van der Waals surface area contributed by atoms with Gasteiger partial charge in [0.05, 0.1) is 11.7 Å². The van der Waals surface area contributed by atoms with Gasteiger partial charge in [-0.25, -0.2) is 4.98 Å². The summed E-state index contributed by atoms with van der Waals surface area (Å²) in [5.74, 6) is 1.92. The van der Waals surface area contributed by atoms with Gasteiger partial charge in [-0.05, 0) is 51.1 Å². The molecule has 1 saturated heterocycles. The number of aromatic nitrogens is 2. The first kappa shape index (κ1) is 11.2. The van der Waals surface area contributed by atoms with Crippen molar-refractivity contribution in [3.63, 3.8) is 0 Å². The van der Waals surface area contributed by atoms with E-state index in [4.69, 9.17) is 10.7 Å². The average Bonchev–Trinajstić information content (AvgIpc) is 2.74. The smallest absolute Gasteiger partial charge is 0.125 e. The van der Waals surface area contributed by atoms with E-state index in [1.807, 2.05) is 0 Å². The molecule has 0 aliphatic carbocycles. The number of nitrogens with zero attached hydrogens (tertiary/aromatic N) is 2. The summed E-state index contributed by atoms with van der Waals surface area (Å²) in [6.07, 6.45) is 8.22. The van der Waals surface area contributed by atoms with Gasteiger partial charge in [-0.1, -0.05) is 0 Å². The summed E-state index contributed by atoms with van der Waals surface area (Å²) >= 11 is 0. The highest BCUT2D eigenvalue weighted by Gasteiger charge is 2.21. The number of hydrogen-bond donors (Lipinski definition) is 2. The van der Waals surface area contributed by atoms with Crippen LogP contribution in [0.15, 0.2) is 6.20 Å². The molecule has 1 aromatic heterocycles. The lowest BCUT2D eigenvalue weighted by Gasteiger charge is -2.21. The fourth-order valence-electron chi connectivity index (χ4n) is 3.05. The second kappa shape index (κ2) is 4.78. The van der Waals surface area contributed by atoms with Crippen LogP contribution >= 0.6 is 0 Å². The minimum atomic E-state index is 0.158. The van der Waals surface area contributed by atoms with Crippen LogP contribution in [0.5, 0.6) is 0 Å². The maximum absolute atomic E-state index is 6.10. The van der Waals surface area contributed by atoms with Crippen molar-refractivity contribution in [2.75, 3.05) is 13.1 Å². The van der Waals surface area contributed by atoms with Crippen molar-refractivity contribution < 1.29 is 0 Å². The summed E-state index contributed by atoms with van der Waals surface area (Å²) in [7, 11) is 0. The quantitative estimate of drug-likeness (QED) is 0.809. The number of nitrogens with two attached hydrogens (primary N) is 1. The Labute approximate surface area is 103 Å². The molecule has 0 amide bonds. The summed E-state index contributed by atoms with van der Waals surface area (Å²) in [4.78, 5) is 4.74. The van der Waals surface area contributed by atoms with E-state index in [1.165, 1.54) is 25.0 Å². The fraction of sp³-hybridized carbons (Fsp3) is 0.769. The number of nitrogens with one attached hydrogen (secondary N) is 1. The van der Waals surface area contributed by atoms with Gasteiger partial charge in [0.1, 0.15) is 5.82 Å². The first-order valence-corrected chi connectivity index (χ1v) is 6.85. The largest absolute Gasteiger partial charge is 0.333 e. The Morgan fingerprint density at radius 3 is 2.94 bits per heavy atom. The van der Waals surface area contributed by atoms with Crippen molar-refractivity contribution in [2.45, 2.75) is 44.7 Å². The molecule has 1 fully saturated rings. The summed E-state index contributed by atoms with van der Waals surface area (Å²) in [6, 6.07) is 0.158. The molecule has 1 atom stereocenters. The minimum Gasteiger partial charge on any atom is -0.333 e. The van der Waals surface area contributed by atoms with Crippen LogP contribution in [0.3, 0.4) is 0 Å². The zero-order valence-corrected chi connectivity index (χ0v) is 10.4. The Balaban J connectivity index is 1.71. The number of piperidine rings is 1. The van der Waals surface area contributed by atoms with Crippen LogP contribution in [-0.2, 0) is 13.0 Å². The molecule has 0 aromatic carbocycles. The third kappa shape index (κ3) is 2.38. The molecule has 0 saturated carbocycles. The SMILES string of the molecule is NC1CCCn2cc(CC3CCNCC3)nc21. The first-order chi connectivity index (χ1) is 8.33. The van der Waals surface area contributed by atoms with Crippen LogP contribution in [0, 0.1) is 5.92 Å². The van der Waals surface area contributed by atoms with Crippen molar-refractivity contribution in [3.05, 3.63) is 17.7 Å². The fourth-order valence-corrected chi connectivity index (χ4v) is 3.05. The van der Waals surface area contributed by atoms with Crippen LogP contribution in [0.2, 0.25) is 0 Å². The van der Waals surface area contributed by atoms with Crippen molar-refractivity contribution in [3.8, 4) is 0 Å². The third-order valence-corrected chi connectivity index (χ3v) is 4.06. The molecular formula is C13H22N4. The molecule has 94 valence electrons. The number of fused-ring (bicyclic) bond motifs is 1. The van der Waals surface area contributed by atoms with Crippen LogP contribution in [0.4, 0.5) is 0 Å². The Bertz CT molecular complexity index is 379. The van der Waals surface area contributed by atoms with E-state index in [0.717, 1.165) is 44.2 Å². The van der Waals surface area contributed by atoms with E-state index in [-0.39, 0.29) is 6.04 Å². The van der Waals surface area contributed by atoms with Gasteiger partial charge in [0, 0.05) is 12.7 Å². The van der Waals surface area contributed by atoms with E-state index in [1.54, 1.807) is 0 Å². The predicted molar refractivity (Wildman–Crippen MR) is 67.7 cm³/mol. The molecule has 17 heavy (non-hydrogen) atoms. The van der Waals surface area contributed by atoms with Gasteiger partial charge in [0.2, 0.25) is 0 Å². The molecule has 0 bridgehead atoms. The standard InChI is InChI=1S/C13H22N4/c14-12-2-1-7-17-9-11(16-13(12)17)8-10-3-5-15-6-4-10/h9-10,12,15H,1-8,14H2. The summed E-state index contributed by atoms with van der Waals surface area (Å²) in [5, 5.41) is 3.41. The van der Waals surface area contributed by atoms with Crippen molar-refractivity contribution >= 4 is 0 Å². The molecular weight excluding hydrogens is 212 g/mol. The molecule has 1 unspecified atom stereocenters. The molecule has 0 radical (unpaired) electrons. The van der Waals surface area contributed by atoms with Crippen LogP contribution in [0.25, 0.3) is 0 Å². The Morgan fingerprint density at radius 2 is 2.18 bits per heavy atom. The highest BCUT2D eigenvalue weighted by molar-refractivity contribution is 5.10. The van der Waals surface area contributed by atoms with Gasteiger partial charge in [0.25, 0.3) is 0 Å². The second-order valence-electron chi connectivity index (χ2n) is 5.43. The molecule has 0 spiro atoms. The topological polar surface area (TPSA) is 55.9 Å². The lowest BCUT2D eigenvalue weighted by Crippen LogP contribution is -2.28. The average molecular weight is 234 g/mol. The number of imidazole rings is 1. The Kier molecular flexibility index (Phi) is 3.16. The van der Waals surface area contributed by atoms with E-state index in [2.05, 4.69) is 16.1 Å². The summed E-state index contributed by atoms with van der Waals surface area (Å²) < 4.78 is 2.27. The monoisotopic (exact) mass is 234 g/mol. The number of aryl methyl sites for hydroxylation is 1. The zero-order chi connectivity index (χ0) is 11.7. The Morgan fingerprint density at radius 1 is 1.35 bits per heavy atom. The van der Waals surface area contributed by atoms with E-state index < -0.39 is 0 Å². The van der Waals surface area contributed by atoms with Gasteiger partial charge in [0.15, 0.2) is 0 Å². The first-order valence-electron chi connectivity index (χ1n) is 6.85. The number of hydrogen-bond acceptors (Lipinski definition) is 3. The van der Waals surface area contributed by atoms with Crippen LogP contribution < -0.4 is 11.1 Å². The van der Waals surface area contributed by atoms with Crippen LogP contribution in [0.1, 0.15) is 43.2 Å². The van der Waals surface area contributed by atoms with E-state index in [0.29, 0.717) is 0 Å². The number of rotatable bonds is 2. The highest BCUT2D eigenvalue weighted by Crippen LogP contribution is 2.24. The molecule has 2 aliphatic rings. The molecule has 1 aromatic rings. The third-order valence-electron chi connectivity index (χ3n) is 4.06. The summed E-state index contributed by atoms with van der Waals surface area (Å²) in [5.41, 5.74) is 7.35. The Hall–Kier alpha value is -0.870. The molecule has 3 rings (SSSR count). The molecule has 3 N–H and O–H groups in total. The van der Waals surface area contributed by atoms with Gasteiger partial charge < -0.3 is 15.6 Å². The minimum absolute atomic E-state index is 0.158. The van der Waals surface area contributed by atoms with E-state index >= 15 is 0 Å². The van der Waals surface area contributed by atoms with Crippen LogP contribution in [-0.4, -0.2) is 22.6 Å².